The molecule has 0 fully saturated rings. The topological polar surface area (TPSA) is 21.3 Å². The highest BCUT2D eigenvalue weighted by molar-refractivity contribution is 5.59. The molecule has 2 aromatic rings. The Balaban J connectivity index is 1.74. The number of ether oxygens (including phenoxy) is 1. The SMILES string of the molecule is C=C[C@@H](Cc1ccccc1)[C@@H]1Cc2cc(OC)ccc2N1. The summed E-state index contributed by atoms with van der Waals surface area (Å²) in [6, 6.07) is 17.3. The predicted octanol–water partition coefficient (Wildman–Crippen LogP) is 4.08. The van der Waals surface area contributed by atoms with E-state index >= 15 is 0 Å². The Hall–Kier alpha value is -2.22. The van der Waals surface area contributed by atoms with Crippen molar-refractivity contribution >= 4 is 5.69 Å². The molecule has 2 aromatic carbocycles. The summed E-state index contributed by atoms with van der Waals surface area (Å²) < 4.78 is 5.31. The molecule has 0 bridgehead atoms. The molecule has 0 aliphatic carbocycles. The van der Waals surface area contributed by atoms with Gasteiger partial charge in [-0.05, 0) is 42.2 Å². The minimum atomic E-state index is 0.407. The molecule has 0 aromatic heterocycles. The van der Waals surface area contributed by atoms with Crippen molar-refractivity contribution in [3.05, 3.63) is 72.3 Å². The number of benzene rings is 2. The van der Waals surface area contributed by atoms with Gasteiger partial charge in [0.2, 0.25) is 0 Å². The highest BCUT2D eigenvalue weighted by Crippen LogP contribution is 2.33. The fourth-order valence-corrected chi connectivity index (χ4v) is 3.03. The highest BCUT2D eigenvalue weighted by Gasteiger charge is 2.26. The number of nitrogens with one attached hydrogen (secondary N) is 1. The number of hydrogen-bond acceptors (Lipinski definition) is 2. The fourth-order valence-electron chi connectivity index (χ4n) is 3.03. The van der Waals surface area contributed by atoms with Crippen molar-refractivity contribution < 1.29 is 4.74 Å². The lowest BCUT2D eigenvalue weighted by Gasteiger charge is -2.21. The van der Waals surface area contributed by atoms with Gasteiger partial charge in [-0.25, -0.2) is 0 Å². The van der Waals surface area contributed by atoms with Gasteiger partial charge in [-0.3, -0.25) is 0 Å². The summed E-state index contributed by atoms with van der Waals surface area (Å²) in [7, 11) is 1.71. The van der Waals surface area contributed by atoms with Gasteiger partial charge in [0, 0.05) is 17.6 Å². The Kier molecular flexibility index (Phi) is 3.96. The average molecular weight is 279 g/mol. The lowest BCUT2D eigenvalue weighted by molar-refractivity contribution is 0.414. The molecule has 1 heterocycles. The molecule has 1 aliphatic heterocycles. The molecule has 0 spiro atoms. The Morgan fingerprint density at radius 3 is 2.81 bits per heavy atom. The van der Waals surface area contributed by atoms with Crippen molar-refractivity contribution in [3.63, 3.8) is 0 Å². The minimum absolute atomic E-state index is 0.407. The van der Waals surface area contributed by atoms with Gasteiger partial charge >= 0.3 is 0 Å². The van der Waals surface area contributed by atoms with E-state index in [1.807, 2.05) is 6.07 Å². The molecule has 0 unspecified atom stereocenters. The molecule has 1 N–H and O–H groups in total. The van der Waals surface area contributed by atoms with Gasteiger partial charge in [-0.15, -0.1) is 6.58 Å². The number of fused-ring (bicyclic) bond motifs is 1. The van der Waals surface area contributed by atoms with Gasteiger partial charge in [0.15, 0.2) is 0 Å². The summed E-state index contributed by atoms with van der Waals surface area (Å²) in [5, 5.41) is 3.63. The van der Waals surface area contributed by atoms with Crippen LogP contribution in [0.15, 0.2) is 61.2 Å². The van der Waals surface area contributed by atoms with E-state index in [1.165, 1.54) is 16.8 Å². The Labute approximate surface area is 126 Å². The Morgan fingerprint density at radius 1 is 1.29 bits per heavy atom. The van der Waals surface area contributed by atoms with Crippen molar-refractivity contribution in [2.75, 3.05) is 12.4 Å². The molecule has 2 atom stereocenters. The molecule has 0 amide bonds. The second-order valence-corrected chi connectivity index (χ2v) is 5.57. The molecule has 0 saturated carbocycles. The highest BCUT2D eigenvalue weighted by atomic mass is 16.5. The van der Waals surface area contributed by atoms with Crippen molar-refractivity contribution in [1.82, 2.24) is 0 Å². The zero-order chi connectivity index (χ0) is 14.7. The van der Waals surface area contributed by atoms with E-state index in [0.717, 1.165) is 18.6 Å². The summed E-state index contributed by atoms with van der Waals surface area (Å²) in [6.07, 6.45) is 4.12. The number of rotatable bonds is 5. The van der Waals surface area contributed by atoms with E-state index in [-0.39, 0.29) is 0 Å². The van der Waals surface area contributed by atoms with Gasteiger partial charge in [0.05, 0.1) is 7.11 Å². The summed E-state index contributed by atoms with van der Waals surface area (Å²) in [6.45, 7) is 4.03. The van der Waals surface area contributed by atoms with E-state index in [2.05, 4.69) is 60.4 Å². The molecule has 21 heavy (non-hydrogen) atoms. The predicted molar refractivity (Wildman–Crippen MR) is 87.9 cm³/mol. The average Bonchev–Trinajstić information content (AvgIpc) is 2.96. The van der Waals surface area contributed by atoms with E-state index in [0.29, 0.717) is 12.0 Å². The van der Waals surface area contributed by atoms with Crippen LogP contribution in [0.2, 0.25) is 0 Å². The first-order valence-corrected chi connectivity index (χ1v) is 7.40. The third kappa shape index (κ3) is 2.94. The fraction of sp³-hybridized carbons (Fsp3) is 0.263. The second-order valence-electron chi connectivity index (χ2n) is 5.57. The maximum Gasteiger partial charge on any atom is 0.119 e. The molecular formula is C19H21NO. The van der Waals surface area contributed by atoms with Crippen molar-refractivity contribution in [3.8, 4) is 5.75 Å². The van der Waals surface area contributed by atoms with Gasteiger partial charge < -0.3 is 10.1 Å². The number of anilines is 1. The van der Waals surface area contributed by atoms with Gasteiger partial charge in [0.1, 0.15) is 5.75 Å². The standard InChI is InChI=1S/C19H21NO/c1-3-15(11-14-7-5-4-6-8-14)19-13-16-12-17(21-2)9-10-18(16)20-19/h3-10,12,15,19-20H,1,11,13H2,2H3/t15-,19-/m0/s1. The monoisotopic (exact) mass is 279 g/mol. The van der Waals surface area contributed by atoms with Crippen LogP contribution in [0, 0.1) is 5.92 Å². The first-order chi connectivity index (χ1) is 10.3. The van der Waals surface area contributed by atoms with Crippen LogP contribution in [0.1, 0.15) is 11.1 Å². The van der Waals surface area contributed by atoms with Crippen LogP contribution in [0.25, 0.3) is 0 Å². The quantitative estimate of drug-likeness (QED) is 0.833. The zero-order valence-electron chi connectivity index (χ0n) is 12.4. The van der Waals surface area contributed by atoms with E-state index in [4.69, 9.17) is 4.74 Å². The molecular weight excluding hydrogens is 258 g/mol. The van der Waals surface area contributed by atoms with Crippen LogP contribution in [-0.2, 0) is 12.8 Å². The minimum Gasteiger partial charge on any atom is -0.497 e. The van der Waals surface area contributed by atoms with Crippen LogP contribution in [0.5, 0.6) is 5.75 Å². The van der Waals surface area contributed by atoms with E-state index < -0.39 is 0 Å². The van der Waals surface area contributed by atoms with Crippen molar-refractivity contribution in [2.45, 2.75) is 18.9 Å². The van der Waals surface area contributed by atoms with Crippen molar-refractivity contribution in [2.24, 2.45) is 5.92 Å². The first-order valence-electron chi connectivity index (χ1n) is 7.40. The summed E-state index contributed by atoms with van der Waals surface area (Å²) in [4.78, 5) is 0. The van der Waals surface area contributed by atoms with Gasteiger partial charge in [-0.2, -0.15) is 0 Å². The van der Waals surface area contributed by atoms with E-state index in [9.17, 15) is 0 Å². The number of methoxy groups -OCH3 is 1. The maximum absolute atomic E-state index is 5.31. The largest absolute Gasteiger partial charge is 0.497 e. The van der Waals surface area contributed by atoms with E-state index in [1.54, 1.807) is 7.11 Å². The molecule has 0 saturated heterocycles. The molecule has 0 radical (unpaired) electrons. The van der Waals surface area contributed by atoms with Crippen LogP contribution in [0.3, 0.4) is 0 Å². The van der Waals surface area contributed by atoms with Crippen molar-refractivity contribution in [1.29, 1.82) is 0 Å². The summed E-state index contributed by atoms with van der Waals surface area (Å²) in [5.41, 5.74) is 3.91. The Bertz CT molecular complexity index is 621. The molecule has 108 valence electrons. The van der Waals surface area contributed by atoms with Crippen LogP contribution >= 0.6 is 0 Å². The first kappa shape index (κ1) is 13.7. The summed E-state index contributed by atoms with van der Waals surface area (Å²) >= 11 is 0. The smallest absolute Gasteiger partial charge is 0.119 e. The second kappa shape index (κ2) is 6.04. The molecule has 2 heteroatoms. The molecule has 1 aliphatic rings. The lowest BCUT2D eigenvalue weighted by atomic mass is 9.90. The third-order valence-corrected chi connectivity index (χ3v) is 4.23. The lowest BCUT2D eigenvalue weighted by Crippen LogP contribution is -2.26. The molecule has 2 nitrogen and oxygen atoms in total. The summed E-state index contributed by atoms with van der Waals surface area (Å²) in [5.74, 6) is 1.35. The van der Waals surface area contributed by atoms with Crippen LogP contribution < -0.4 is 10.1 Å². The maximum atomic E-state index is 5.31. The van der Waals surface area contributed by atoms with Crippen LogP contribution in [-0.4, -0.2) is 13.2 Å². The molecule has 3 rings (SSSR count). The van der Waals surface area contributed by atoms with Crippen LogP contribution in [0.4, 0.5) is 5.69 Å². The Morgan fingerprint density at radius 2 is 2.10 bits per heavy atom. The normalized spacial score (nSPS) is 17.7. The zero-order valence-corrected chi connectivity index (χ0v) is 12.4. The van der Waals surface area contributed by atoms with Gasteiger partial charge in [0.25, 0.3) is 0 Å². The third-order valence-electron chi connectivity index (χ3n) is 4.23. The number of hydrogen-bond donors (Lipinski definition) is 1. The van der Waals surface area contributed by atoms with Gasteiger partial charge in [-0.1, -0.05) is 36.4 Å².